The molecule has 0 aliphatic carbocycles. The van der Waals surface area contributed by atoms with Gasteiger partial charge in [0, 0.05) is 0 Å². The van der Waals surface area contributed by atoms with Gasteiger partial charge in [-0.15, -0.1) is 0 Å². The van der Waals surface area contributed by atoms with Crippen LogP contribution in [0.25, 0.3) is 0 Å². The molecule has 0 spiro atoms. The summed E-state index contributed by atoms with van der Waals surface area (Å²) in [5.74, 6) is 0.731. The van der Waals surface area contributed by atoms with Gasteiger partial charge in [-0.05, 0) is 6.92 Å². The van der Waals surface area contributed by atoms with Crippen LogP contribution >= 0.6 is 0 Å². The van der Waals surface area contributed by atoms with E-state index in [-0.39, 0.29) is 5.92 Å². The molecule has 1 unspecified atom stereocenters. The number of carbonyl (C=O) groups is 1. The van der Waals surface area contributed by atoms with Gasteiger partial charge in [0.15, 0.2) is 0 Å². The molecule has 0 aromatic heterocycles. The number of ketones is 1. The molecule has 1 rings (SSSR count). The van der Waals surface area contributed by atoms with Crippen LogP contribution in [0.5, 0.6) is 0 Å². The van der Waals surface area contributed by atoms with Crippen molar-refractivity contribution in [3.05, 3.63) is 0 Å². The van der Waals surface area contributed by atoms with Crippen LogP contribution in [0, 0.1) is 5.92 Å². The fourth-order valence-corrected chi connectivity index (χ4v) is 1.48. The number of Topliss-reactive ketones (excluding diaryl/α,β-unsaturated/α-hetero) is 1. The van der Waals surface area contributed by atoms with E-state index in [2.05, 4.69) is 14.0 Å². The van der Waals surface area contributed by atoms with Crippen molar-refractivity contribution in [2.24, 2.45) is 5.92 Å². The van der Waals surface area contributed by atoms with E-state index >= 15 is 0 Å². The van der Waals surface area contributed by atoms with E-state index in [0.29, 0.717) is 11.8 Å². The first-order valence-corrected chi connectivity index (χ1v) is 3.96. The normalized spacial score (nSPS) is 41.9. The first-order valence-electron chi connectivity index (χ1n) is 3.96. The van der Waals surface area contributed by atoms with Crippen LogP contribution in [0.4, 0.5) is 0 Å². The van der Waals surface area contributed by atoms with Crippen LogP contribution < -0.4 is 4.90 Å². The van der Waals surface area contributed by atoms with Crippen molar-refractivity contribution in [1.82, 2.24) is 0 Å². The Kier molecular flexibility index (Phi) is 2.09. The maximum Gasteiger partial charge on any atom is 0.147 e. The third-order valence-electron chi connectivity index (χ3n) is 2.53. The van der Waals surface area contributed by atoms with E-state index in [1.54, 1.807) is 0 Å². The van der Waals surface area contributed by atoms with E-state index in [1.165, 1.54) is 4.90 Å². The Bertz CT molecular complexity index is 144. The largest absolute Gasteiger partial charge is 0.334 e. The van der Waals surface area contributed by atoms with Crippen molar-refractivity contribution in [2.45, 2.75) is 26.3 Å². The minimum Gasteiger partial charge on any atom is -0.334 e. The van der Waals surface area contributed by atoms with Crippen molar-refractivity contribution in [3.8, 4) is 0 Å². The van der Waals surface area contributed by atoms with Gasteiger partial charge in [0.1, 0.15) is 5.78 Å². The van der Waals surface area contributed by atoms with Crippen LogP contribution in [0.15, 0.2) is 0 Å². The lowest BCUT2D eigenvalue weighted by atomic mass is 9.94. The summed E-state index contributed by atoms with van der Waals surface area (Å²) in [6, 6.07) is 0.531. The van der Waals surface area contributed by atoms with Crippen molar-refractivity contribution in [2.75, 3.05) is 13.6 Å². The number of likely N-dealkylation sites (tertiary alicyclic amines) is 1. The highest BCUT2D eigenvalue weighted by Gasteiger charge is 2.29. The van der Waals surface area contributed by atoms with Gasteiger partial charge in [-0.2, -0.15) is 0 Å². The predicted octanol–water partition coefficient (Wildman–Crippen LogP) is -0.501. The molecule has 3 atom stereocenters. The van der Waals surface area contributed by atoms with Gasteiger partial charge in [-0.1, -0.05) is 6.92 Å². The molecule has 2 nitrogen and oxygen atoms in total. The second-order valence-electron chi connectivity index (χ2n) is 3.52. The van der Waals surface area contributed by atoms with Crippen LogP contribution in [-0.4, -0.2) is 25.4 Å². The second-order valence-corrected chi connectivity index (χ2v) is 3.52. The minimum absolute atomic E-state index is 0.288. The Morgan fingerprint density at radius 1 is 1.50 bits per heavy atom. The van der Waals surface area contributed by atoms with Gasteiger partial charge in [0.25, 0.3) is 0 Å². The molecule has 1 N–H and O–H groups in total. The Morgan fingerprint density at radius 2 is 2.10 bits per heavy atom. The number of hydrogen-bond donors (Lipinski definition) is 1. The Hall–Kier alpha value is -0.370. The molecule has 1 heterocycles. The lowest BCUT2D eigenvalue weighted by molar-refractivity contribution is -0.908. The number of carbonyl (C=O) groups excluding carboxylic acids is 1. The topological polar surface area (TPSA) is 21.5 Å². The molecule has 1 saturated heterocycles. The third-order valence-corrected chi connectivity index (χ3v) is 2.53. The highest BCUT2D eigenvalue weighted by atomic mass is 16.1. The predicted molar refractivity (Wildman–Crippen MR) is 40.0 cm³/mol. The molecule has 0 saturated carbocycles. The van der Waals surface area contributed by atoms with Gasteiger partial charge in [0.05, 0.1) is 32.0 Å². The second kappa shape index (κ2) is 2.70. The number of quaternary nitrogens is 1. The van der Waals surface area contributed by atoms with Crippen molar-refractivity contribution in [1.29, 1.82) is 0 Å². The van der Waals surface area contributed by atoms with E-state index in [9.17, 15) is 4.79 Å². The van der Waals surface area contributed by atoms with Gasteiger partial charge < -0.3 is 4.90 Å². The summed E-state index contributed by atoms with van der Waals surface area (Å²) in [5, 5.41) is 0. The average Bonchev–Trinajstić information content (AvgIpc) is 1.84. The maximum atomic E-state index is 11.1. The van der Waals surface area contributed by atoms with Gasteiger partial charge in [-0.25, -0.2) is 0 Å². The standard InChI is InChI=1S/C8H15NO/c1-6-5-9(3)7(2)4-8(6)10/h6-7H,4-5H2,1-3H3/p+1/t6-,7-/m1/s1. The van der Waals surface area contributed by atoms with Crippen LogP contribution in [0.1, 0.15) is 20.3 Å². The molecule has 1 aliphatic heterocycles. The van der Waals surface area contributed by atoms with Crippen molar-refractivity contribution >= 4 is 5.78 Å². The summed E-state index contributed by atoms with van der Waals surface area (Å²) >= 11 is 0. The molecule has 0 bridgehead atoms. The Labute approximate surface area is 62.2 Å². The summed E-state index contributed by atoms with van der Waals surface area (Å²) in [7, 11) is 2.16. The molecule has 0 aromatic rings. The quantitative estimate of drug-likeness (QED) is 0.484. The Balaban J connectivity index is 2.54. The fourth-order valence-electron chi connectivity index (χ4n) is 1.48. The molecule has 0 amide bonds. The maximum absolute atomic E-state index is 11.1. The van der Waals surface area contributed by atoms with Gasteiger partial charge >= 0.3 is 0 Å². The zero-order valence-corrected chi connectivity index (χ0v) is 6.98. The molecule has 2 heteroatoms. The summed E-state index contributed by atoms with van der Waals surface area (Å²) in [4.78, 5) is 12.6. The van der Waals surface area contributed by atoms with E-state index in [4.69, 9.17) is 0 Å². The molecular weight excluding hydrogens is 126 g/mol. The van der Waals surface area contributed by atoms with Gasteiger partial charge in [0.2, 0.25) is 0 Å². The first kappa shape index (κ1) is 7.73. The lowest BCUT2D eigenvalue weighted by Crippen LogP contribution is -3.14. The molecule has 1 aliphatic rings. The van der Waals surface area contributed by atoms with Crippen molar-refractivity contribution in [3.63, 3.8) is 0 Å². The molecule has 0 aromatic carbocycles. The van der Waals surface area contributed by atoms with Gasteiger partial charge in [-0.3, -0.25) is 4.79 Å². The molecule has 0 radical (unpaired) electrons. The zero-order chi connectivity index (χ0) is 7.72. The molecule has 10 heavy (non-hydrogen) atoms. The number of rotatable bonds is 0. The van der Waals surface area contributed by atoms with Crippen LogP contribution in [0.2, 0.25) is 0 Å². The summed E-state index contributed by atoms with van der Waals surface area (Å²) in [6.45, 7) is 5.18. The lowest BCUT2D eigenvalue weighted by Gasteiger charge is -2.29. The third kappa shape index (κ3) is 1.37. The number of piperidine rings is 1. The minimum atomic E-state index is 0.288. The highest BCUT2D eigenvalue weighted by molar-refractivity contribution is 5.81. The Morgan fingerprint density at radius 3 is 2.60 bits per heavy atom. The van der Waals surface area contributed by atoms with E-state index < -0.39 is 0 Å². The van der Waals surface area contributed by atoms with Crippen molar-refractivity contribution < 1.29 is 9.69 Å². The summed E-state index contributed by atoms with van der Waals surface area (Å²) in [6.07, 6.45) is 0.771. The number of nitrogens with one attached hydrogen (secondary N) is 1. The van der Waals surface area contributed by atoms with E-state index in [0.717, 1.165) is 13.0 Å². The van der Waals surface area contributed by atoms with E-state index in [1.807, 2.05) is 6.92 Å². The summed E-state index contributed by atoms with van der Waals surface area (Å²) < 4.78 is 0. The monoisotopic (exact) mass is 142 g/mol. The fraction of sp³-hybridized carbons (Fsp3) is 0.875. The smallest absolute Gasteiger partial charge is 0.147 e. The molecular formula is C8H16NO+. The summed E-state index contributed by atoms with van der Waals surface area (Å²) in [5.41, 5.74) is 0. The first-order chi connectivity index (χ1) is 4.61. The average molecular weight is 142 g/mol. The molecule has 1 fully saturated rings. The number of hydrogen-bond acceptors (Lipinski definition) is 1. The van der Waals surface area contributed by atoms with Crippen LogP contribution in [0.3, 0.4) is 0 Å². The zero-order valence-electron chi connectivity index (χ0n) is 6.98. The SMILES string of the molecule is C[C@@H]1C[NH+](C)[C@H](C)CC1=O. The highest BCUT2D eigenvalue weighted by Crippen LogP contribution is 2.04. The molecule has 58 valence electrons. The van der Waals surface area contributed by atoms with Crippen LogP contribution in [-0.2, 0) is 4.79 Å².